The van der Waals surface area contributed by atoms with E-state index in [4.69, 9.17) is 5.10 Å². The first-order valence-corrected chi connectivity index (χ1v) is 9.37. The van der Waals surface area contributed by atoms with Gasteiger partial charge < -0.3 is 4.90 Å². The first-order valence-electron chi connectivity index (χ1n) is 9.37. The van der Waals surface area contributed by atoms with Crippen molar-refractivity contribution in [1.82, 2.24) is 29.6 Å². The zero-order valence-corrected chi connectivity index (χ0v) is 16.3. The zero-order valence-electron chi connectivity index (χ0n) is 16.3. The summed E-state index contributed by atoms with van der Waals surface area (Å²) in [4.78, 5) is 14.6. The van der Waals surface area contributed by atoms with Crippen molar-refractivity contribution in [1.29, 1.82) is 0 Å². The van der Waals surface area contributed by atoms with Crippen LogP contribution in [0.5, 0.6) is 0 Å². The summed E-state index contributed by atoms with van der Waals surface area (Å²) in [6.07, 6.45) is 2.08. The van der Waals surface area contributed by atoms with Crippen LogP contribution in [0, 0.1) is 6.92 Å². The number of hydrogen-bond donors (Lipinski definition) is 0. The van der Waals surface area contributed by atoms with E-state index in [9.17, 15) is 4.79 Å². The van der Waals surface area contributed by atoms with Crippen LogP contribution in [0.2, 0.25) is 0 Å². The van der Waals surface area contributed by atoms with Gasteiger partial charge in [-0.1, -0.05) is 20.8 Å². The van der Waals surface area contributed by atoms with Crippen molar-refractivity contribution >= 4 is 11.5 Å². The summed E-state index contributed by atoms with van der Waals surface area (Å²) in [6.45, 7) is 9.67. The van der Waals surface area contributed by atoms with Crippen molar-refractivity contribution in [3.05, 3.63) is 46.1 Å². The van der Waals surface area contributed by atoms with E-state index < -0.39 is 0 Å². The van der Waals surface area contributed by atoms with Gasteiger partial charge in [-0.05, 0) is 38.0 Å². The summed E-state index contributed by atoms with van der Waals surface area (Å²) in [7, 11) is 0. The molecular weight excluding hydrogens is 342 g/mol. The van der Waals surface area contributed by atoms with Gasteiger partial charge in [0.1, 0.15) is 5.82 Å². The average molecular weight is 367 g/mol. The number of fused-ring (bicyclic) bond motifs is 1. The molecule has 3 aromatic heterocycles. The van der Waals surface area contributed by atoms with Gasteiger partial charge in [-0.3, -0.25) is 4.79 Å². The van der Waals surface area contributed by atoms with Gasteiger partial charge in [0, 0.05) is 18.0 Å². The maximum atomic E-state index is 12.4. The van der Waals surface area contributed by atoms with Crippen LogP contribution in [0.1, 0.15) is 45.1 Å². The molecule has 1 aliphatic rings. The molecule has 0 saturated carbocycles. The molecule has 1 fully saturated rings. The van der Waals surface area contributed by atoms with Gasteiger partial charge in [-0.2, -0.15) is 9.61 Å². The van der Waals surface area contributed by atoms with Gasteiger partial charge in [0.15, 0.2) is 11.5 Å². The van der Waals surface area contributed by atoms with Crippen molar-refractivity contribution < 1.29 is 0 Å². The first-order chi connectivity index (χ1) is 12.8. The normalized spacial score (nSPS) is 17.8. The molecule has 0 aliphatic carbocycles. The number of anilines is 1. The molecule has 0 N–H and O–H groups in total. The van der Waals surface area contributed by atoms with E-state index in [-0.39, 0.29) is 17.0 Å². The van der Waals surface area contributed by atoms with Crippen LogP contribution in [0.25, 0.3) is 5.65 Å². The van der Waals surface area contributed by atoms with Gasteiger partial charge in [0.05, 0.1) is 18.3 Å². The third-order valence-electron chi connectivity index (χ3n) is 5.09. The molecule has 4 rings (SSSR count). The minimum Gasteiger partial charge on any atom is -0.350 e. The van der Waals surface area contributed by atoms with Crippen molar-refractivity contribution in [2.24, 2.45) is 0 Å². The van der Waals surface area contributed by atoms with Crippen LogP contribution in [-0.4, -0.2) is 42.2 Å². The van der Waals surface area contributed by atoms with Gasteiger partial charge in [0.2, 0.25) is 0 Å². The number of nitrogens with zero attached hydrogens (tertiary/aromatic N) is 7. The molecule has 3 aromatic rings. The Balaban J connectivity index is 1.64. The Kier molecular flexibility index (Phi) is 4.20. The molecule has 142 valence electrons. The summed E-state index contributed by atoms with van der Waals surface area (Å²) in [5.74, 6) is 1.64. The predicted molar refractivity (Wildman–Crippen MR) is 103 cm³/mol. The van der Waals surface area contributed by atoms with Crippen LogP contribution in [0.4, 0.5) is 5.82 Å². The zero-order chi connectivity index (χ0) is 19.2. The molecule has 27 heavy (non-hydrogen) atoms. The molecule has 0 amide bonds. The molecule has 0 aromatic carbocycles. The minimum atomic E-state index is -0.0939. The van der Waals surface area contributed by atoms with E-state index in [1.165, 1.54) is 0 Å². The Morgan fingerprint density at radius 1 is 1.11 bits per heavy atom. The second-order valence-corrected chi connectivity index (χ2v) is 8.19. The highest BCUT2D eigenvalue weighted by Crippen LogP contribution is 2.25. The SMILES string of the molecule is Cc1nnc2ccc(N3CCCC3Cn3nc(C(C)(C)C)ccc3=O)nn12. The summed E-state index contributed by atoms with van der Waals surface area (Å²) in [6, 6.07) is 7.55. The lowest BCUT2D eigenvalue weighted by Crippen LogP contribution is -2.38. The smallest absolute Gasteiger partial charge is 0.266 e. The maximum absolute atomic E-state index is 12.4. The number of hydrogen-bond acceptors (Lipinski definition) is 6. The van der Waals surface area contributed by atoms with E-state index in [2.05, 4.69) is 41.0 Å². The van der Waals surface area contributed by atoms with E-state index in [0.717, 1.165) is 42.4 Å². The lowest BCUT2D eigenvalue weighted by Gasteiger charge is -2.26. The van der Waals surface area contributed by atoms with Crippen molar-refractivity contribution in [2.75, 3.05) is 11.4 Å². The number of aromatic nitrogens is 6. The van der Waals surface area contributed by atoms with Gasteiger partial charge in [0.25, 0.3) is 5.56 Å². The van der Waals surface area contributed by atoms with Crippen molar-refractivity contribution in [3.8, 4) is 0 Å². The Morgan fingerprint density at radius 3 is 2.70 bits per heavy atom. The van der Waals surface area contributed by atoms with E-state index in [1.807, 2.05) is 25.1 Å². The molecular formula is C19H25N7O. The fourth-order valence-corrected chi connectivity index (χ4v) is 3.55. The average Bonchev–Trinajstić information content (AvgIpc) is 3.22. The van der Waals surface area contributed by atoms with Gasteiger partial charge in [-0.25, -0.2) is 4.68 Å². The van der Waals surface area contributed by atoms with Gasteiger partial charge >= 0.3 is 0 Å². The first kappa shape index (κ1) is 17.6. The summed E-state index contributed by atoms with van der Waals surface area (Å²) in [5.41, 5.74) is 1.51. The van der Waals surface area contributed by atoms with Crippen LogP contribution >= 0.6 is 0 Å². The molecule has 0 radical (unpaired) electrons. The summed E-state index contributed by atoms with van der Waals surface area (Å²) < 4.78 is 3.36. The Labute approximate surface area is 157 Å². The molecule has 1 aliphatic heterocycles. The van der Waals surface area contributed by atoms with Crippen LogP contribution in [0.15, 0.2) is 29.1 Å². The number of rotatable bonds is 3. The monoisotopic (exact) mass is 367 g/mol. The predicted octanol–water partition coefficient (Wildman–Crippen LogP) is 1.96. The highest BCUT2D eigenvalue weighted by atomic mass is 16.1. The second-order valence-electron chi connectivity index (χ2n) is 8.19. The molecule has 1 atom stereocenters. The molecule has 0 bridgehead atoms. The van der Waals surface area contributed by atoms with Crippen LogP contribution in [-0.2, 0) is 12.0 Å². The highest BCUT2D eigenvalue weighted by Gasteiger charge is 2.28. The second kappa shape index (κ2) is 6.44. The standard InChI is InChI=1S/C19H25N7O/c1-13-20-21-16-8-9-17(23-26(13)16)24-11-5-6-14(24)12-25-18(27)10-7-15(22-25)19(2,3)4/h7-10,14H,5-6,11-12H2,1-4H3. The highest BCUT2D eigenvalue weighted by molar-refractivity contribution is 5.47. The van der Waals surface area contributed by atoms with Crippen LogP contribution < -0.4 is 10.5 Å². The lowest BCUT2D eigenvalue weighted by atomic mass is 9.92. The third kappa shape index (κ3) is 3.31. The fraction of sp³-hybridized carbons (Fsp3) is 0.526. The van der Waals surface area contributed by atoms with E-state index >= 15 is 0 Å². The van der Waals surface area contributed by atoms with E-state index in [1.54, 1.807) is 15.3 Å². The fourth-order valence-electron chi connectivity index (χ4n) is 3.55. The molecule has 8 nitrogen and oxygen atoms in total. The Hall–Kier alpha value is -2.77. The maximum Gasteiger partial charge on any atom is 0.266 e. The summed E-state index contributed by atoms with van der Waals surface area (Å²) >= 11 is 0. The quantitative estimate of drug-likeness (QED) is 0.704. The Bertz CT molecular complexity index is 1030. The molecule has 0 spiro atoms. The lowest BCUT2D eigenvalue weighted by molar-refractivity contribution is 0.456. The van der Waals surface area contributed by atoms with Crippen molar-refractivity contribution in [2.45, 2.75) is 58.5 Å². The van der Waals surface area contributed by atoms with Gasteiger partial charge in [-0.15, -0.1) is 15.3 Å². The Morgan fingerprint density at radius 2 is 1.93 bits per heavy atom. The summed E-state index contributed by atoms with van der Waals surface area (Å²) in [5, 5.41) is 17.5. The van der Waals surface area contributed by atoms with E-state index in [0.29, 0.717) is 6.54 Å². The minimum absolute atomic E-state index is 0.0621. The number of aryl methyl sites for hydroxylation is 1. The molecule has 1 saturated heterocycles. The van der Waals surface area contributed by atoms with Crippen molar-refractivity contribution in [3.63, 3.8) is 0 Å². The third-order valence-corrected chi connectivity index (χ3v) is 5.09. The topological polar surface area (TPSA) is 81.2 Å². The van der Waals surface area contributed by atoms with Crippen LogP contribution in [0.3, 0.4) is 0 Å². The molecule has 1 unspecified atom stereocenters. The largest absolute Gasteiger partial charge is 0.350 e. The molecule has 4 heterocycles. The molecule has 8 heteroatoms.